The van der Waals surface area contributed by atoms with E-state index in [1.165, 1.54) is 0 Å². The van der Waals surface area contributed by atoms with E-state index in [0.717, 1.165) is 26.1 Å². The van der Waals surface area contributed by atoms with E-state index in [1.54, 1.807) is 0 Å². The first-order valence-corrected chi connectivity index (χ1v) is 3.61. The molecule has 0 aliphatic carbocycles. The maximum atomic E-state index is 6.05. The van der Waals surface area contributed by atoms with Crippen LogP contribution in [0.3, 0.4) is 0 Å². The minimum absolute atomic E-state index is 0. The zero-order valence-electron chi connectivity index (χ0n) is 5.81. The van der Waals surface area contributed by atoms with Crippen molar-refractivity contribution in [2.75, 3.05) is 19.8 Å². The van der Waals surface area contributed by atoms with E-state index in [4.69, 9.17) is 22.1 Å². The number of rotatable bonds is 1. The first kappa shape index (κ1) is 10.5. The zero-order chi connectivity index (χ0) is 6.74. The molecule has 2 nitrogen and oxygen atoms in total. The maximum absolute atomic E-state index is 6.05. The summed E-state index contributed by atoms with van der Waals surface area (Å²) in [4.78, 5) is -0.155. The van der Waals surface area contributed by atoms with Gasteiger partial charge in [0.05, 0.1) is 4.87 Å². The van der Waals surface area contributed by atoms with Gasteiger partial charge in [-0.15, -0.1) is 24.0 Å². The van der Waals surface area contributed by atoms with Crippen molar-refractivity contribution in [2.45, 2.75) is 17.7 Å². The van der Waals surface area contributed by atoms with Crippen LogP contribution in [-0.2, 0) is 4.74 Å². The Morgan fingerprint density at radius 3 is 2.20 bits per heavy atom. The van der Waals surface area contributed by atoms with Gasteiger partial charge >= 0.3 is 0 Å². The normalized spacial score (nSPS) is 23.4. The van der Waals surface area contributed by atoms with Crippen LogP contribution in [0.15, 0.2) is 0 Å². The third kappa shape index (κ3) is 2.62. The molecule has 0 amide bonds. The molecule has 1 saturated heterocycles. The van der Waals surface area contributed by atoms with Gasteiger partial charge in [0.2, 0.25) is 0 Å². The van der Waals surface area contributed by atoms with Crippen LogP contribution in [0.25, 0.3) is 0 Å². The highest BCUT2D eigenvalue weighted by atomic mass is 35.5. The number of hydrogen-bond donors (Lipinski definition) is 1. The summed E-state index contributed by atoms with van der Waals surface area (Å²) in [5.41, 5.74) is 5.45. The molecule has 1 fully saturated rings. The predicted molar refractivity (Wildman–Crippen MR) is 44.9 cm³/mol. The first-order chi connectivity index (χ1) is 4.27. The minimum atomic E-state index is -0.155. The number of alkyl halides is 1. The van der Waals surface area contributed by atoms with Crippen molar-refractivity contribution in [3.8, 4) is 0 Å². The molecule has 4 heteroatoms. The molecule has 0 radical (unpaired) electrons. The van der Waals surface area contributed by atoms with Gasteiger partial charge in [-0.3, -0.25) is 0 Å². The highest BCUT2D eigenvalue weighted by Gasteiger charge is 2.27. The second kappa shape index (κ2) is 4.39. The summed E-state index contributed by atoms with van der Waals surface area (Å²) in [6.45, 7) is 2.10. The van der Waals surface area contributed by atoms with E-state index in [-0.39, 0.29) is 17.3 Å². The zero-order valence-corrected chi connectivity index (χ0v) is 7.38. The summed E-state index contributed by atoms with van der Waals surface area (Å²) in [5, 5.41) is 0. The van der Waals surface area contributed by atoms with Gasteiger partial charge in [0.15, 0.2) is 0 Å². The molecule has 0 atom stereocenters. The van der Waals surface area contributed by atoms with Gasteiger partial charge in [0, 0.05) is 19.8 Å². The molecule has 0 spiro atoms. The summed E-state index contributed by atoms with van der Waals surface area (Å²) in [6, 6.07) is 0. The average molecular weight is 186 g/mol. The fourth-order valence-electron chi connectivity index (χ4n) is 0.941. The van der Waals surface area contributed by atoms with Crippen LogP contribution in [0.5, 0.6) is 0 Å². The van der Waals surface area contributed by atoms with Gasteiger partial charge in [0.25, 0.3) is 0 Å². The number of ether oxygens (including phenoxy) is 1. The van der Waals surface area contributed by atoms with Crippen molar-refractivity contribution in [3.05, 3.63) is 0 Å². The van der Waals surface area contributed by atoms with Crippen molar-refractivity contribution in [2.24, 2.45) is 5.73 Å². The van der Waals surface area contributed by atoms with Crippen LogP contribution in [0.4, 0.5) is 0 Å². The van der Waals surface area contributed by atoms with Crippen LogP contribution in [-0.4, -0.2) is 24.6 Å². The van der Waals surface area contributed by atoms with Crippen LogP contribution in [0, 0.1) is 0 Å². The molecule has 0 aromatic carbocycles. The van der Waals surface area contributed by atoms with Gasteiger partial charge < -0.3 is 10.5 Å². The Kier molecular flexibility index (Phi) is 4.61. The third-order valence-electron chi connectivity index (χ3n) is 1.75. The topological polar surface area (TPSA) is 35.2 Å². The van der Waals surface area contributed by atoms with E-state index in [1.807, 2.05) is 0 Å². The lowest BCUT2D eigenvalue weighted by molar-refractivity contribution is 0.0773. The number of nitrogens with two attached hydrogens (primary N) is 1. The molecule has 2 N–H and O–H groups in total. The molecular formula is C6H13Cl2NO. The van der Waals surface area contributed by atoms with Crippen molar-refractivity contribution in [1.29, 1.82) is 0 Å². The summed E-state index contributed by atoms with van der Waals surface area (Å²) in [5.74, 6) is 0. The lowest BCUT2D eigenvalue weighted by Crippen LogP contribution is -2.37. The molecule has 10 heavy (non-hydrogen) atoms. The molecule has 62 valence electrons. The van der Waals surface area contributed by atoms with Crippen molar-refractivity contribution >= 4 is 24.0 Å². The molecule has 0 unspecified atom stereocenters. The van der Waals surface area contributed by atoms with Gasteiger partial charge in [-0.2, -0.15) is 0 Å². The maximum Gasteiger partial charge on any atom is 0.0612 e. The second-order valence-corrected chi connectivity index (χ2v) is 3.27. The standard InChI is InChI=1S/C6H12ClNO.ClH/c7-6(5-8)1-3-9-4-2-6;/h1-5,8H2;1H. The van der Waals surface area contributed by atoms with E-state index in [0.29, 0.717) is 6.54 Å². The third-order valence-corrected chi connectivity index (χ3v) is 2.29. The largest absolute Gasteiger partial charge is 0.381 e. The Morgan fingerprint density at radius 2 is 1.90 bits per heavy atom. The molecule has 1 aliphatic rings. The smallest absolute Gasteiger partial charge is 0.0612 e. The van der Waals surface area contributed by atoms with E-state index in [9.17, 15) is 0 Å². The van der Waals surface area contributed by atoms with Gasteiger partial charge in [-0.25, -0.2) is 0 Å². The molecule has 0 aromatic heterocycles. The molecule has 0 saturated carbocycles. The Bertz CT molecular complexity index is 93.7. The highest BCUT2D eigenvalue weighted by molar-refractivity contribution is 6.24. The molecule has 1 aliphatic heterocycles. The van der Waals surface area contributed by atoms with Crippen molar-refractivity contribution < 1.29 is 4.74 Å². The van der Waals surface area contributed by atoms with Crippen LogP contribution < -0.4 is 5.73 Å². The Balaban J connectivity index is 0.000000810. The molecule has 0 bridgehead atoms. The second-order valence-electron chi connectivity index (χ2n) is 2.47. The average Bonchev–Trinajstić information content (AvgIpc) is 1.90. The predicted octanol–water partition coefficient (Wildman–Crippen LogP) is 1.15. The summed E-state index contributed by atoms with van der Waals surface area (Å²) >= 11 is 6.05. The molecular weight excluding hydrogens is 173 g/mol. The number of halogens is 2. The lowest BCUT2D eigenvalue weighted by atomic mass is 10.00. The first-order valence-electron chi connectivity index (χ1n) is 3.24. The molecule has 1 heterocycles. The van der Waals surface area contributed by atoms with Gasteiger partial charge in [-0.05, 0) is 12.8 Å². The fourth-order valence-corrected chi connectivity index (χ4v) is 1.10. The van der Waals surface area contributed by atoms with Crippen LogP contribution in [0.1, 0.15) is 12.8 Å². The Morgan fingerprint density at radius 1 is 1.40 bits per heavy atom. The van der Waals surface area contributed by atoms with E-state index in [2.05, 4.69) is 0 Å². The Labute approximate surface area is 72.5 Å². The lowest BCUT2D eigenvalue weighted by Gasteiger charge is -2.29. The van der Waals surface area contributed by atoms with Crippen molar-refractivity contribution in [1.82, 2.24) is 0 Å². The minimum Gasteiger partial charge on any atom is -0.381 e. The van der Waals surface area contributed by atoms with E-state index >= 15 is 0 Å². The quantitative estimate of drug-likeness (QED) is 0.623. The van der Waals surface area contributed by atoms with Crippen LogP contribution >= 0.6 is 24.0 Å². The Hall–Kier alpha value is 0.500. The number of hydrogen-bond acceptors (Lipinski definition) is 2. The molecule has 1 rings (SSSR count). The van der Waals surface area contributed by atoms with Gasteiger partial charge in [0.1, 0.15) is 0 Å². The molecule has 0 aromatic rings. The van der Waals surface area contributed by atoms with E-state index < -0.39 is 0 Å². The van der Waals surface area contributed by atoms with Gasteiger partial charge in [-0.1, -0.05) is 0 Å². The summed E-state index contributed by atoms with van der Waals surface area (Å²) in [7, 11) is 0. The highest BCUT2D eigenvalue weighted by Crippen LogP contribution is 2.26. The SMILES string of the molecule is Cl.NCC1(Cl)CCOCC1. The van der Waals surface area contributed by atoms with Crippen LogP contribution in [0.2, 0.25) is 0 Å². The summed E-state index contributed by atoms with van der Waals surface area (Å²) < 4.78 is 5.13. The summed E-state index contributed by atoms with van der Waals surface area (Å²) in [6.07, 6.45) is 1.79. The fraction of sp³-hybridized carbons (Fsp3) is 1.00. The monoisotopic (exact) mass is 185 g/mol. The van der Waals surface area contributed by atoms with Crippen molar-refractivity contribution in [3.63, 3.8) is 0 Å².